The number of hydrogen-bond acceptors (Lipinski definition) is 4. The first kappa shape index (κ1) is 13.4. The molecular weight excluding hydrogens is 246 g/mol. The summed E-state index contributed by atoms with van der Waals surface area (Å²) < 4.78 is 0. The van der Waals surface area contributed by atoms with Crippen LogP contribution in [0.15, 0.2) is 18.3 Å². The number of thioether (sulfide) groups is 1. The molecule has 1 aromatic heterocycles. The molecule has 0 unspecified atom stereocenters. The first-order chi connectivity index (χ1) is 8.79. The van der Waals surface area contributed by atoms with Crippen LogP contribution in [0.5, 0.6) is 0 Å². The summed E-state index contributed by atoms with van der Waals surface area (Å²) in [5.74, 6) is 5.70. The molecule has 2 rings (SSSR count). The molecule has 0 spiro atoms. The van der Waals surface area contributed by atoms with Crippen LogP contribution in [0.2, 0.25) is 0 Å². The summed E-state index contributed by atoms with van der Waals surface area (Å²) in [5.41, 5.74) is 3.63. The van der Waals surface area contributed by atoms with Gasteiger partial charge in [-0.1, -0.05) is 19.3 Å². The van der Waals surface area contributed by atoms with E-state index in [0.717, 1.165) is 16.7 Å². The van der Waals surface area contributed by atoms with Crippen molar-refractivity contribution >= 4 is 17.7 Å². The van der Waals surface area contributed by atoms with E-state index in [0.29, 0.717) is 5.56 Å². The predicted molar refractivity (Wildman–Crippen MR) is 74.1 cm³/mol. The first-order valence-electron chi connectivity index (χ1n) is 6.37. The van der Waals surface area contributed by atoms with Crippen LogP contribution in [0.4, 0.5) is 0 Å². The molecule has 1 aromatic rings. The maximum atomic E-state index is 11.2. The van der Waals surface area contributed by atoms with Crippen molar-refractivity contribution in [3.8, 4) is 0 Å². The van der Waals surface area contributed by atoms with E-state index in [-0.39, 0.29) is 5.91 Å². The molecule has 1 fully saturated rings. The Morgan fingerprint density at radius 1 is 1.39 bits per heavy atom. The fourth-order valence-corrected chi connectivity index (χ4v) is 3.41. The lowest BCUT2D eigenvalue weighted by atomic mass is 10.0. The van der Waals surface area contributed by atoms with Crippen molar-refractivity contribution in [3.63, 3.8) is 0 Å². The van der Waals surface area contributed by atoms with Gasteiger partial charge in [0.15, 0.2) is 0 Å². The number of nitrogens with one attached hydrogen (secondary N) is 1. The van der Waals surface area contributed by atoms with Crippen LogP contribution in [-0.2, 0) is 5.75 Å². The average Bonchev–Trinajstić information content (AvgIpc) is 2.46. The second-order valence-corrected chi connectivity index (χ2v) is 5.87. The minimum atomic E-state index is -0.297. The highest BCUT2D eigenvalue weighted by molar-refractivity contribution is 7.99. The van der Waals surface area contributed by atoms with Crippen molar-refractivity contribution < 1.29 is 4.79 Å². The Balaban J connectivity index is 1.84. The zero-order valence-corrected chi connectivity index (χ0v) is 11.2. The maximum absolute atomic E-state index is 11.2. The third-order valence-corrected chi connectivity index (χ3v) is 4.64. The summed E-state index contributed by atoms with van der Waals surface area (Å²) in [5, 5.41) is 0.785. The molecule has 1 saturated carbocycles. The van der Waals surface area contributed by atoms with Gasteiger partial charge in [0.25, 0.3) is 5.91 Å². The second-order valence-electron chi connectivity index (χ2n) is 4.58. The van der Waals surface area contributed by atoms with E-state index in [2.05, 4.69) is 10.4 Å². The van der Waals surface area contributed by atoms with Crippen LogP contribution in [0.25, 0.3) is 0 Å². The Kier molecular flexibility index (Phi) is 5.01. The van der Waals surface area contributed by atoms with Gasteiger partial charge in [0.05, 0.1) is 11.3 Å². The lowest BCUT2D eigenvalue weighted by Gasteiger charge is -2.20. The molecule has 0 atom stereocenters. The number of hydrogen-bond donors (Lipinski definition) is 2. The number of pyridine rings is 1. The van der Waals surface area contributed by atoms with Gasteiger partial charge < -0.3 is 0 Å². The molecule has 4 nitrogen and oxygen atoms in total. The number of hydrazine groups is 1. The Labute approximate surface area is 112 Å². The molecule has 1 aliphatic carbocycles. The monoisotopic (exact) mass is 265 g/mol. The molecule has 1 aliphatic rings. The predicted octanol–water partition coefficient (Wildman–Crippen LogP) is 2.25. The van der Waals surface area contributed by atoms with Gasteiger partial charge in [0, 0.05) is 17.2 Å². The van der Waals surface area contributed by atoms with E-state index in [1.165, 1.54) is 32.1 Å². The summed E-state index contributed by atoms with van der Waals surface area (Å²) in [6.07, 6.45) is 8.36. The smallest absolute Gasteiger partial charge is 0.266 e. The molecule has 0 radical (unpaired) electrons. The topological polar surface area (TPSA) is 68.0 Å². The lowest BCUT2D eigenvalue weighted by Crippen LogP contribution is -2.30. The second kappa shape index (κ2) is 6.75. The highest BCUT2D eigenvalue weighted by atomic mass is 32.2. The summed E-state index contributed by atoms with van der Waals surface area (Å²) >= 11 is 1.98. The fourth-order valence-electron chi connectivity index (χ4n) is 2.16. The van der Waals surface area contributed by atoms with Crippen LogP contribution in [0.3, 0.4) is 0 Å². The third-order valence-electron chi connectivity index (χ3n) is 3.24. The Morgan fingerprint density at radius 2 is 2.17 bits per heavy atom. The number of carbonyl (C=O) groups is 1. The van der Waals surface area contributed by atoms with E-state index < -0.39 is 0 Å². The number of amides is 1. The summed E-state index contributed by atoms with van der Waals surface area (Å²) in [6, 6.07) is 3.67. The van der Waals surface area contributed by atoms with Crippen molar-refractivity contribution in [1.82, 2.24) is 10.4 Å². The highest BCUT2D eigenvalue weighted by Gasteiger charge is 2.14. The normalized spacial score (nSPS) is 16.5. The molecule has 5 heteroatoms. The number of nitrogens with two attached hydrogens (primary N) is 1. The van der Waals surface area contributed by atoms with Crippen LogP contribution >= 0.6 is 11.8 Å². The number of carbonyl (C=O) groups excluding carboxylic acids is 1. The van der Waals surface area contributed by atoms with Crippen LogP contribution in [-0.4, -0.2) is 16.1 Å². The zero-order valence-electron chi connectivity index (χ0n) is 10.4. The molecule has 0 aliphatic heterocycles. The summed E-state index contributed by atoms with van der Waals surface area (Å²) in [6.45, 7) is 0. The van der Waals surface area contributed by atoms with Gasteiger partial charge in [-0.2, -0.15) is 11.8 Å². The SMILES string of the molecule is NNC(=O)c1ccc(CSC2CCCCC2)nc1. The van der Waals surface area contributed by atoms with E-state index >= 15 is 0 Å². The van der Waals surface area contributed by atoms with Crippen molar-refractivity contribution in [2.45, 2.75) is 43.1 Å². The van der Waals surface area contributed by atoms with Crippen molar-refractivity contribution in [2.75, 3.05) is 0 Å². The summed E-state index contributed by atoms with van der Waals surface area (Å²) in [7, 11) is 0. The molecule has 0 bridgehead atoms. The van der Waals surface area contributed by atoms with Gasteiger partial charge in [-0.25, -0.2) is 5.84 Å². The maximum Gasteiger partial charge on any atom is 0.266 e. The quantitative estimate of drug-likeness (QED) is 0.498. The standard InChI is InChI=1S/C13H19N3OS/c14-16-13(17)10-6-7-11(15-8-10)9-18-12-4-2-1-3-5-12/h6-8,12H,1-5,9,14H2,(H,16,17). The van der Waals surface area contributed by atoms with E-state index in [9.17, 15) is 4.79 Å². The summed E-state index contributed by atoms with van der Waals surface area (Å²) in [4.78, 5) is 15.5. The Hall–Kier alpha value is -1.07. The van der Waals surface area contributed by atoms with Gasteiger partial charge in [0.1, 0.15) is 0 Å². The zero-order chi connectivity index (χ0) is 12.8. The van der Waals surface area contributed by atoms with Crippen molar-refractivity contribution in [1.29, 1.82) is 0 Å². The molecule has 0 aromatic carbocycles. The van der Waals surface area contributed by atoms with Gasteiger partial charge in [-0.15, -0.1) is 0 Å². The molecule has 98 valence electrons. The minimum absolute atomic E-state index is 0.297. The molecule has 0 saturated heterocycles. The van der Waals surface area contributed by atoms with Crippen molar-refractivity contribution in [3.05, 3.63) is 29.6 Å². The minimum Gasteiger partial charge on any atom is -0.290 e. The van der Waals surface area contributed by atoms with Crippen molar-refractivity contribution in [2.24, 2.45) is 5.84 Å². The van der Waals surface area contributed by atoms with Gasteiger partial charge in [-0.05, 0) is 25.0 Å². The van der Waals surface area contributed by atoms with Crippen LogP contribution in [0.1, 0.15) is 48.2 Å². The van der Waals surface area contributed by atoms with Gasteiger partial charge >= 0.3 is 0 Å². The van der Waals surface area contributed by atoms with Crippen LogP contribution < -0.4 is 11.3 Å². The molecule has 18 heavy (non-hydrogen) atoms. The molecule has 3 N–H and O–H groups in total. The lowest BCUT2D eigenvalue weighted by molar-refractivity contribution is 0.0953. The number of nitrogen functional groups attached to an aromatic ring is 1. The van der Waals surface area contributed by atoms with Crippen LogP contribution in [0, 0.1) is 0 Å². The van der Waals surface area contributed by atoms with E-state index in [1.54, 1.807) is 12.3 Å². The highest BCUT2D eigenvalue weighted by Crippen LogP contribution is 2.29. The average molecular weight is 265 g/mol. The molecule has 1 amide bonds. The third kappa shape index (κ3) is 3.71. The Bertz CT molecular complexity index is 388. The number of nitrogens with zero attached hydrogens (tertiary/aromatic N) is 1. The molecular formula is C13H19N3OS. The number of rotatable bonds is 4. The molecule has 1 heterocycles. The Morgan fingerprint density at radius 3 is 2.78 bits per heavy atom. The largest absolute Gasteiger partial charge is 0.290 e. The van der Waals surface area contributed by atoms with Gasteiger partial charge in [-0.3, -0.25) is 15.2 Å². The first-order valence-corrected chi connectivity index (χ1v) is 7.42. The van der Waals surface area contributed by atoms with Gasteiger partial charge in [0.2, 0.25) is 0 Å². The van der Waals surface area contributed by atoms with E-state index in [1.807, 2.05) is 17.8 Å². The fraction of sp³-hybridized carbons (Fsp3) is 0.538. The van der Waals surface area contributed by atoms with E-state index in [4.69, 9.17) is 5.84 Å². The number of aromatic nitrogens is 1.